The quantitative estimate of drug-likeness (QED) is 0.0211. The van der Waals surface area contributed by atoms with Crippen LogP contribution in [0.15, 0.2) is 182 Å². The molecule has 0 aromatic heterocycles. The number of esters is 2. The Kier molecular flexibility index (Phi) is 60.1. The smallest absolute Gasteiger partial charge is 0.361 e. The summed E-state index contributed by atoms with van der Waals surface area (Å²) in [5.74, 6) is -2.08. The van der Waals surface area contributed by atoms with Gasteiger partial charge in [0.1, 0.15) is 13.2 Å². The summed E-state index contributed by atoms with van der Waals surface area (Å²) in [6.07, 6.45) is 95.5. The highest BCUT2D eigenvalue weighted by atomic mass is 16.7. The maximum atomic E-state index is 12.9. The molecule has 9 nitrogen and oxygen atoms in total. The van der Waals surface area contributed by atoms with E-state index in [4.69, 9.17) is 18.9 Å². The van der Waals surface area contributed by atoms with Crippen molar-refractivity contribution in [2.24, 2.45) is 0 Å². The second-order valence-electron chi connectivity index (χ2n) is 22.3. The summed E-state index contributed by atoms with van der Waals surface area (Å²) in [5, 5.41) is 9.74. The molecule has 0 aliphatic rings. The lowest BCUT2D eigenvalue weighted by molar-refractivity contribution is -0.870. The lowest BCUT2D eigenvalue weighted by atomic mass is 10.1. The van der Waals surface area contributed by atoms with E-state index < -0.39 is 24.3 Å². The van der Waals surface area contributed by atoms with E-state index in [0.717, 1.165) is 148 Å². The van der Waals surface area contributed by atoms with Crippen LogP contribution in [-0.4, -0.2) is 87.4 Å². The number of likely N-dealkylation sites (N-methyl/N-ethyl adjacent to an activating group) is 1. The Balaban J connectivity index is 4.32. The molecule has 0 saturated heterocycles. The van der Waals surface area contributed by atoms with E-state index in [1.54, 1.807) is 0 Å². The lowest BCUT2D eigenvalue weighted by Gasteiger charge is -2.25. The number of rotatable bonds is 58. The molecule has 0 radical (unpaired) electrons. The summed E-state index contributed by atoms with van der Waals surface area (Å²) < 4.78 is 22.9. The molecule has 0 saturated carbocycles. The Hall–Kier alpha value is -5.61. The van der Waals surface area contributed by atoms with Gasteiger partial charge in [-0.2, -0.15) is 0 Å². The fourth-order valence-electron chi connectivity index (χ4n) is 8.18. The van der Waals surface area contributed by atoms with E-state index in [1.807, 2.05) is 21.1 Å². The molecule has 0 bridgehead atoms. The number of hydrogen-bond donors (Lipinski definition) is 1. The van der Waals surface area contributed by atoms with Crippen LogP contribution < -0.4 is 0 Å². The molecule has 2 unspecified atom stereocenters. The van der Waals surface area contributed by atoms with E-state index in [2.05, 4.69) is 196 Å². The second kappa shape index (κ2) is 64.4. The van der Waals surface area contributed by atoms with Crippen LogP contribution in [0.2, 0.25) is 0 Å². The van der Waals surface area contributed by atoms with Gasteiger partial charge < -0.3 is 28.5 Å². The highest BCUT2D eigenvalue weighted by molar-refractivity contribution is 5.71. The first kappa shape index (κ1) is 79.4. The van der Waals surface area contributed by atoms with Crippen LogP contribution in [-0.2, 0) is 33.3 Å². The van der Waals surface area contributed by atoms with E-state index >= 15 is 0 Å². The maximum Gasteiger partial charge on any atom is 0.361 e. The van der Waals surface area contributed by atoms with Crippen LogP contribution in [0.5, 0.6) is 0 Å². The van der Waals surface area contributed by atoms with Gasteiger partial charge >= 0.3 is 17.9 Å². The van der Waals surface area contributed by atoms with E-state index in [0.29, 0.717) is 17.4 Å². The Labute approximate surface area is 519 Å². The minimum atomic E-state index is -1.53. The molecule has 0 aliphatic carbocycles. The number of nitrogens with zero attached hydrogens (tertiary/aromatic N) is 1. The molecule has 0 heterocycles. The lowest BCUT2D eigenvalue weighted by Crippen LogP contribution is -2.40. The number of hydrogen-bond acceptors (Lipinski definition) is 7. The maximum absolute atomic E-state index is 12.9. The Morgan fingerprint density at radius 2 is 0.635 bits per heavy atom. The van der Waals surface area contributed by atoms with Crippen LogP contribution >= 0.6 is 0 Å². The molecule has 0 amide bonds. The van der Waals surface area contributed by atoms with Gasteiger partial charge in [0.25, 0.3) is 6.29 Å². The van der Waals surface area contributed by atoms with E-state index in [1.165, 1.54) is 38.5 Å². The molecule has 1 N–H and O–H groups in total. The fourth-order valence-corrected chi connectivity index (χ4v) is 8.18. The van der Waals surface area contributed by atoms with Gasteiger partial charge in [-0.1, -0.05) is 254 Å². The molecule has 85 heavy (non-hydrogen) atoms. The van der Waals surface area contributed by atoms with Crippen LogP contribution in [0.25, 0.3) is 0 Å². The number of ether oxygens (including phenoxy) is 4. The van der Waals surface area contributed by atoms with Crippen LogP contribution in [0.4, 0.5) is 0 Å². The SMILES string of the molecule is CC/C=C\C/C=C\C/C=C\C/C=C\C/C=C\C/C=C\C/C=C\C/C=C\C/C=C\CCCCCC(=O)OC(COC(=O)CCCCCCCCCCCC/C=C\C/C=C\C/C=C\C/C=C\C/C=C\C/C=C\CC)COC(OCC[N+](C)(C)C)C(=O)O. The third-order valence-electron chi connectivity index (χ3n) is 13.2. The number of allylic oxidation sites excluding steroid dienone is 30. The van der Waals surface area contributed by atoms with Gasteiger partial charge in [0, 0.05) is 12.8 Å². The number of aliphatic carboxylic acids is 1. The molecule has 0 fully saturated rings. The number of quaternary nitrogens is 1. The average Bonchev–Trinajstić information content (AvgIpc) is 3.49. The van der Waals surface area contributed by atoms with E-state index in [-0.39, 0.29) is 38.6 Å². The summed E-state index contributed by atoms with van der Waals surface area (Å²) in [5.41, 5.74) is 0. The zero-order valence-corrected chi connectivity index (χ0v) is 54.2. The Morgan fingerprint density at radius 1 is 0.353 bits per heavy atom. The van der Waals surface area contributed by atoms with Crippen LogP contribution in [0.3, 0.4) is 0 Å². The highest BCUT2D eigenvalue weighted by Crippen LogP contribution is 2.14. The van der Waals surface area contributed by atoms with Crippen molar-refractivity contribution in [3.8, 4) is 0 Å². The normalized spacial score (nSPS) is 13.9. The van der Waals surface area contributed by atoms with Gasteiger partial charge in [-0.05, 0) is 135 Å². The summed E-state index contributed by atoms with van der Waals surface area (Å²) in [6, 6.07) is 0. The zero-order chi connectivity index (χ0) is 61.9. The Morgan fingerprint density at radius 3 is 0.953 bits per heavy atom. The van der Waals surface area contributed by atoms with Crippen molar-refractivity contribution in [1.29, 1.82) is 0 Å². The van der Waals surface area contributed by atoms with Crippen LogP contribution in [0.1, 0.15) is 219 Å². The molecule has 0 aliphatic heterocycles. The first-order valence-corrected chi connectivity index (χ1v) is 32.9. The highest BCUT2D eigenvalue weighted by Gasteiger charge is 2.25. The minimum Gasteiger partial charge on any atom is -0.477 e. The fraction of sp³-hybridized carbons (Fsp3) is 0.566. The molecular formula is C76H120NO8+. The van der Waals surface area contributed by atoms with Gasteiger partial charge in [-0.15, -0.1) is 0 Å². The average molecular weight is 1180 g/mol. The molecule has 0 aromatic carbocycles. The van der Waals surface area contributed by atoms with Crippen molar-refractivity contribution >= 4 is 17.9 Å². The molecule has 9 heteroatoms. The number of carboxylic acids is 1. The van der Waals surface area contributed by atoms with Gasteiger partial charge in [0.15, 0.2) is 6.10 Å². The third-order valence-corrected chi connectivity index (χ3v) is 13.2. The number of unbranched alkanes of at least 4 members (excludes halogenated alkanes) is 13. The summed E-state index contributed by atoms with van der Waals surface area (Å²) in [6.45, 7) is 4.58. The topological polar surface area (TPSA) is 108 Å². The number of carboxylic acid groups (broad SMARTS) is 1. The molecular weight excluding hydrogens is 1050 g/mol. The monoisotopic (exact) mass is 1170 g/mol. The molecule has 0 aromatic rings. The third kappa shape index (κ3) is 65.8. The predicted molar refractivity (Wildman–Crippen MR) is 363 cm³/mol. The molecule has 476 valence electrons. The summed E-state index contributed by atoms with van der Waals surface area (Å²) in [4.78, 5) is 37.6. The molecule has 0 rings (SSSR count). The predicted octanol–water partition coefficient (Wildman–Crippen LogP) is 20.5. The zero-order valence-electron chi connectivity index (χ0n) is 54.2. The first-order valence-electron chi connectivity index (χ1n) is 32.9. The van der Waals surface area contributed by atoms with Gasteiger partial charge in [-0.3, -0.25) is 9.59 Å². The van der Waals surface area contributed by atoms with Crippen molar-refractivity contribution in [1.82, 2.24) is 0 Å². The largest absolute Gasteiger partial charge is 0.477 e. The van der Waals surface area contributed by atoms with Gasteiger partial charge in [0.05, 0.1) is 34.4 Å². The molecule has 2 atom stereocenters. The minimum absolute atomic E-state index is 0.169. The van der Waals surface area contributed by atoms with E-state index in [9.17, 15) is 19.5 Å². The van der Waals surface area contributed by atoms with Gasteiger partial charge in [0.2, 0.25) is 0 Å². The van der Waals surface area contributed by atoms with Crippen LogP contribution in [0, 0.1) is 0 Å². The Bertz CT molecular complexity index is 2050. The summed E-state index contributed by atoms with van der Waals surface area (Å²) >= 11 is 0. The van der Waals surface area contributed by atoms with Crippen molar-refractivity contribution < 1.29 is 42.9 Å². The second-order valence-corrected chi connectivity index (χ2v) is 22.3. The van der Waals surface area contributed by atoms with Gasteiger partial charge in [-0.25, -0.2) is 4.79 Å². The molecule has 0 spiro atoms. The standard InChI is InChI=1S/C76H119NO8/c1-6-8-10-12-14-16-18-20-22-24-26-28-30-32-34-36-37-39-41-43-45-47-49-51-53-55-57-59-61-63-65-67-74(79)85-72(71-84-76(75(80)81)82-69-68-77(3,4)5)70-83-73(78)66-64-62-60-58-56-54-52-50-48-46-44-42-40-38-35-33-31-29-27-25-23-21-19-17-15-13-11-9-7-2/h8-11,14-17,20-23,26-29,32-35,37,39-40,42-43,45,49,51,55,57,72,76H,6-7,12-13,18-19,24-25,30-31,36,38,41,44,46-48,50,52-54,56,58-71H2,1-5H3/p+1/b10-8-,11-9-,16-14-,17-15-,22-20-,23-21-,28-26-,29-27-,34-32-,35-33-,39-37-,42-40-,45-43-,51-49-,57-55-. The van der Waals surface area contributed by atoms with Crippen molar-refractivity contribution in [2.45, 2.75) is 232 Å². The van der Waals surface area contributed by atoms with Crippen molar-refractivity contribution in [3.63, 3.8) is 0 Å². The van der Waals surface area contributed by atoms with Crippen molar-refractivity contribution in [2.75, 3.05) is 47.5 Å². The van der Waals surface area contributed by atoms with Crippen molar-refractivity contribution in [3.05, 3.63) is 182 Å². The number of carbonyl (C=O) groups is 3. The summed E-state index contributed by atoms with van der Waals surface area (Å²) in [7, 11) is 5.94. The number of carbonyl (C=O) groups excluding carboxylic acids is 2. The first-order chi connectivity index (χ1) is 41.6.